The molecule has 0 aliphatic rings. The van der Waals surface area contributed by atoms with E-state index in [1.165, 1.54) is 0 Å². The molecule has 0 spiro atoms. The summed E-state index contributed by atoms with van der Waals surface area (Å²) < 4.78 is 0. The lowest BCUT2D eigenvalue weighted by Crippen LogP contribution is -2.45. The molecule has 4 N–H and O–H groups in total. The molecule has 0 aromatic rings. The Bertz CT molecular complexity index is 148. The Kier molecular flexibility index (Phi) is 6.32. The quantitative estimate of drug-likeness (QED) is 0.596. The fourth-order valence-corrected chi connectivity index (χ4v) is 1.07. The monoisotopic (exact) mass is 187 g/mol. The lowest BCUT2D eigenvalue weighted by molar-refractivity contribution is 0.233. The lowest BCUT2D eigenvalue weighted by atomic mass is 10.1. The van der Waals surface area contributed by atoms with Crippen LogP contribution in [0.1, 0.15) is 33.6 Å². The van der Waals surface area contributed by atoms with E-state index in [2.05, 4.69) is 10.6 Å². The van der Waals surface area contributed by atoms with E-state index in [1.807, 2.05) is 20.8 Å². The summed E-state index contributed by atoms with van der Waals surface area (Å²) in [4.78, 5) is 11.2. The molecule has 0 heterocycles. The molecule has 0 saturated heterocycles. The van der Waals surface area contributed by atoms with E-state index in [0.717, 1.165) is 12.8 Å². The van der Waals surface area contributed by atoms with Gasteiger partial charge in [0.15, 0.2) is 0 Å². The summed E-state index contributed by atoms with van der Waals surface area (Å²) in [6.07, 6.45) is 1.75. The molecule has 4 nitrogen and oxygen atoms in total. The van der Waals surface area contributed by atoms with Crippen molar-refractivity contribution in [3.8, 4) is 0 Å². The van der Waals surface area contributed by atoms with Gasteiger partial charge in [-0.05, 0) is 33.2 Å². The first kappa shape index (κ1) is 12.2. The fourth-order valence-electron chi connectivity index (χ4n) is 1.07. The van der Waals surface area contributed by atoms with Gasteiger partial charge in [-0.1, -0.05) is 6.92 Å². The Balaban J connectivity index is 3.73. The molecule has 0 aromatic heterocycles. The van der Waals surface area contributed by atoms with Crippen molar-refractivity contribution in [2.45, 2.75) is 45.7 Å². The molecule has 4 heteroatoms. The molecule has 0 saturated carbocycles. The zero-order valence-corrected chi connectivity index (χ0v) is 8.76. The maximum Gasteiger partial charge on any atom is 0.315 e. The Hall–Kier alpha value is -0.770. The van der Waals surface area contributed by atoms with Gasteiger partial charge < -0.3 is 16.4 Å². The average molecular weight is 187 g/mol. The van der Waals surface area contributed by atoms with Crippen molar-refractivity contribution in [2.75, 3.05) is 6.54 Å². The van der Waals surface area contributed by atoms with Crippen molar-refractivity contribution < 1.29 is 4.79 Å². The first-order valence-corrected chi connectivity index (χ1v) is 4.87. The molecule has 2 amide bonds. The lowest BCUT2D eigenvalue weighted by Gasteiger charge is -2.17. The van der Waals surface area contributed by atoms with Crippen molar-refractivity contribution >= 4 is 6.03 Å². The average Bonchev–Trinajstić information content (AvgIpc) is 2.02. The van der Waals surface area contributed by atoms with Crippen LogP contribution in [-0.2, 0) is 0 Å². The number of nitrogens with one attached hydrogen (secondary N) is 2. The van der Waals surface area contributed by atoms with Crippen molar-refractivity contribution in [2.24, 2.45) is 5.73 Å². The molecule has 0 radical (unpaired) electrons. The third-order valence-electron chi connectivity index (χ3n) is 1.76. The standard InChI is InChI=1S/C9H21N3O/c1-4-8(5-6-10)12-9(13)11-7(2)3/h7-8H,4-6,10H2,1-3H3,(H2,11,12,13). The van der Waals surface area contributed by atoms with Crippen LogP contribution in [0, 0.1) is 0 Å². The predicted octanol–water partition coefficient (Wildman–Crippen LogP) is 0.821. The number of nitrogens with two attached hydrogens (primary N) is 1. The van der Waals surface area contributed by atoms with E-state index >= 15 is 0 Å². The van der Waals surface area contributed by atoms with Crippen LogP contribution in [0.15, 0.2) is 0 Å². The highest BCUT2D eigenvalue weighted by atomic mass is 16.2. The van der Waals surface area contributed by atoms with Gasteiger partial charge in [-0.3, -0.25) is 0 Å². The minimum atomic E-state index is -0.102. The van der Waals surface area contributed by atoms with Gasteiger partial charge in [0.1, 0.15) is 0 Å². The third-order valence-corrected chi connectivity index (χ3v) is 1.76. The van der Waals surface area contributed by atoms with Crippen LogP contribution in [0.25, 0.3) is 0 Å². The van der Waals surface area contributed by atoms with Crippen LogP contribution >= 0.6 is 0 Å². The zero-order chi connectivity index (χ0) is 10.3. The van der Waals surface area contributed by atoms with E-state index < -0.39 is 0 Å². The zero-order valence-electron chi connectivity index (χ0n) is 8.76. The minimum Gasteiger partial charge on any atom is -0.336 e. The number of hydrogen-bond acceptors (Lipinski definition) is 2. The van der Waals surface area contributed by atoms with Crippen LogP contribution < -0.4 is 16.4 Å². The summed E-state index contributed by atoms with van der Waals surface area (Å²) in [7, 11) is 0. The molecule has 0 aromatic carbocycles. The second-order valence-electron chi connectivity index (χ2n) is 3.46. The molecule has 13 heavy (non-hydrogen) atoms. The fraction of sp³-hybridized carbons (Fsp3) is 0.889. The van der Waals surface area contributed by atoms with E-state index in [4.69, 9.17) is 5.73 Å². The smallest absolute Gasteiger partial charge is 0.315 e. The van der Waals surface area contributed by atoms with Crippen LogP contribution in [0.2, 0.25) is 0 Å². The highest BCUT2D eigenvalue weighted by molar-refractivity contribution is 5.74. The summed E-state index contributed by atoms with van der Waals surface area (Å²) >= 11 is 0. The van der Waals surface area contributed by atoms with Crippen LogP contribution in [-0.4, -0.2) is 24.7 Å². The SMILES string of the molecule is CCC(CCN)NC(=O)NC(C)C. The molecular formula is C9H21N3O. The normalized spacial score (nSPS) is 12.7. The van der Waals surface area contributed by atoms with Gasteiger partial charge in [0.2, 0.25) is 0 Å². The van der Waals surface area contributed by atoms with Crippen molar-refractivity contribution in [1.82, 2.24) is 10.6 Å². The minimum absolute atomic E-state index is 0.102. The van der Waals surface area contributed by atoms with Gasteiger partial charge >= 0.3 is 6.03 Å². The Morgan fingerprint density at radius 2 is 2.00 bits per heavy atom. The van der Waals surface area contributed by atoms with Gasteiger partial charge in [-0.15, -0.1) is 0 Å². The van der Waals surface area contributed by atoms with E-state index in [0.29, 0.717) is 6.54 Å². The van der Waals surface area contributed by atoms with Gasteiger partial charge in [0.25, 0.3) is 0 Å². The summed E-state index contributed by atoms with van der Waals surface area (Å²) in [6, 6.07) is 0.273. The molecule has 0 aliphatic heterocycles. The largest absolute Gasteiger partial charge is 0.336 e. The first-order chi connectivity index (χ1) is 6.10. The Morgan fingerprint density at radius 1 is 1.38 bits per heavy atom. The molecule has 1 atom stereocenters. The molecule has 0 aliphatic carbocycles. The maximum absolute atomic E-state index is 11.2. The number of hydrogen-bond donors (Lipinski definition) is 3. The van der Waals surface area contributed by atoms with E-state index in [9.17, 15) is 4.79 Å². The summed E-state index contributed by atoms with van der Waals surface area (Å²) in [5.41, 5.74) is 5.41. The second-order valence-corrected chi connectivity index (χ2v) is 3.46. The number of carbonyl (C=O) groups is 1. The van der Waals surface area contributed by atoms with E-state index in [-0.39, 0.29) is 18.1 Å². The topological polar surface area (TPSA) is 67.1 Å². The second kappa shape index (κ2) is 6.71. The molecule has 78 valence electrons. The van der Waals surface area contributed by atoms with E-state index in [1.54, 1.807) is 0 Å². The van der Waals surface area contributed by atoms with Gasteiger partial charge in [-0.25, -0.2) is 4.79 Å². The van der Waals surface area contributed by atoms with Crippen LogP contribution in [0.3, 0.4) is 0 Å². The van der Waals surface area contributed by atoms with Gasteiger partial charge in [0, 0.05) is 12.1 Å². The number of rotatable bonds is 5. The highest BCUT2D eigenvalue weighted by Gasteiger charge is 2.09. The van der Waals surface area contributed by atoms with Crippen LogP contribution in [0.4, 0.5) is 4.79 Å². The van der Waals surface area contributed by atoms with Crippen LogP contribution in [0.5, 0.6) is 0 Å². The Morgan fingerprint density at radius 3 is 2.38 bits per heavy atom. The van der Waals surface area contributed by atoms with Gasteiger partial charge in [0.05, 0.1) is 0 Å². The first-order valence-electron chi connectivity index (χ1n) is 4.87. The predicted molar refractivity (Wildman–Crippen MR) is 54.6 cm³/mol. The Labute approximate surface area is 80.3 Å². The summed E-state index contributed by atoms with van der Waals surface area (Å²) in [6.45, 7) is 6.52. The summed E-state index contributed by atoms with van der Waals surface area (Å²) in [5, 5.41) is 5.64. The van der Waals surface area contributed by atoms with Gasteiger partial charge in [-0.2, -0.15) is 0 Å². The molecule has 0 fully saturated rings. The molecule has 0 bridgehead atoms. The molecular weight excluding hydrogens is 166 g/mol. The number of urea groups is 1. The number of carbonyl (C=O) groups excluding carboxylic acids is 1. The molecule has 0 rings (SSSR count). The van der Waals surface area contributed by atoms with Crippen molar-refractivity contribution in [3.05, 3.63) is 0 Å². The third kappa shape index (κ3) is 6.40. The number of amides is 2. The maximum atomic E-state index is 11.2. The van der Waals surface area contributed by atoms with Crippen molar-refractivity contribution in [3.63, 3.8) is 0 Å². The van der Waals surface area contributed by atoms with Crippen molar-refractivity contribution in [1.29, 1.82) is 0 Å². The summed E-state index contributed by atoms with van der Waals surface area (Å²) in [5.74, 6) is 0. The molecule has 1 unspecified atom stereocenters. The highest BCUT2D eigenvalue weighted by Crippen LogP contribution is 1.95.